The predicted molar refractivity (Wildman–Crippen MR) is 80.8 cm³/mol. The van der Waals surface area contributed by atoms with Gasteiger partial charge in [-0.1, -0.05) is 31.7 Å². The molecule has 0 amide bonds. The molecular formula is C17H24N2O. The molecule has 1 aromatic rings. The Bertz CT molecular complexity index is 445. The first kappa shape index (κ1) is 14.9. The Morgan fingerprint density at radius 3 is 2.70 bits per heavy atom. The van der Waals surface area contributed by atoms with Crippen molar-refractivity contribution in [3.8, 4) is 11.8 Å². The molecule has 0 saturated heterocycles. The van der Waals surface area contributed by atoms with Crippen molar-refractivity contribution in [1.29, 1.82) is 5.26 Å². The van der Waals surface area contributed by atoms with E-state index in [4.69, 9.17) is 10.00 Å². The summed E-state index contributed by atoms with van der Waals surface area (Å²) in [5.74, 6) is 0.790. The summed E-state index contributed by atoms with van der Waals surface area (Å²) in [6.45, 7) is 1.63. The molecule has 1 aliphatic rings. The molecule has 0 spiro atoms. The molecule has 0 aromatic heterocycles. The van der Waals surface area contributed by atoms with Crippen LogP contribution in [0.4, 0.5) is 0 Å². The molecule has 0 radical (unpaired) electrons. The van der Waals surface area contributed by atoms with E-state index in [2.05, 4.69) is 18.0 Å². The Hall–Kier alpha value is -1.53. The number of rotatable bonds is 5. The van der Waals surface area contributed by atoms with Gasteiger partial charge in [-0.2, -0.15) is 5.26 Å². The lowest BCUT2D eigenvalue weighted by Crippen LogP contribution is -2.34. The number of nitriles is 1. The van der Waals surface area contributed by atoms with E-state index >= 15 is 0 Å². The van der Waals surface area contributed by atoms with Gasteiger partial charge in [-0.25, -0.2) is 0 Å². The Balaban J connectivity index is 1.75. The van der Waals surface area contributed by atoms with Gasteiger partial charge in [0.1, 0.15) is 12.4 Å². The standard InChI is InChI=1S/C17H24N2O/c1-19(16-8-4-2-3-5-9-16)11-12-20-17-10-6-7-15(13-17)14-18/h6-7,10,13,16H,2-5,8-9,11-12H2,1H3. The second-order valence-corrected chi connectivity index (χ2v) is 5.61. The fraction of sp³-hybridized carbons (Fsp3) is 0.588. The van der Waals surface area contributed by atoms with Gasteiger partial charge in [-0.05, 0) is 38.1 Å². The van der Waals surface area contributed by atoms with Gasteiger partial charge in [0.2, 0.25) is 0 Å². The predicted octanol–water partition coefficient (Wildman–Crippen LogP) is 3.59. The van der Waals surface area contributed by atoms with Crippen molar-refractivity contribution < 1.29 is 4.74 Å². The number of hydrogen-bond acceptors (Lipinski definition) is 3. The van der Waals surface area contributed by atoms with Crippen LogP contribution < -0.4 is 4.74 Å². The van der Waals surface area contributed by atoms with Gasteiger partial charge in [-0.15, -0.1) is 0 Å². The highest BCUT2D eigenvalue weighted by Crippen LogP contribution is 2.21. The van der Waals surface area contributed by atoms with Gasteiger partial charge in [0.15, 0.2) is 0 Å². The molecule has 1 saturated carbocycles. The van der Waals surface area contributed by atoms with Gasteiger partial charge in [0.05, 0.1) is 11.6 Å². The van der Waals surface area contributed by atoms with E-state index < -0.39 is 0 Å². The van der Waals surface area contributed by atoms with Crippen LogP contribution in [0.1, 0.15) is 44.1 Å². The molecule has 0 atom stereocenters. The Morgan fingerprint density at radius 2 is 2.00 bits per heavy atom. The third-order valence-electron chi connectivity index (χ3n) is 4.12. The Labute approximate surface area is 122 Å². The molecule has 3 nitrogen and oxygen atoms in total. The van der Waals surface area contributed by atoms with Crippen molar-refractivity contribution in [2.24, 2.45) is 0 Å². The van der Waals surface area contributed by atoms with Gasteiger partial charge in [0.25, 0.3) is 0 Å². The van der Waals surface area contributed by atoms with E-state index in [1.807, 2.05) is 12.1 Å². The molecule has 0 bridgehead atoms. The van der Waals surface area contributed by atoms with Crippen molar-refractivity contribution in [3.05, 3.63) is 29.8 Å². The van der Waals surface area contributed by atoms with Crippen LogP contribution in [0.15, 0.2) is 24.3 Å². The zero-order chi connectivity index (χ0) is 14.2. The summed E-state index contributed by atoms with van der Waals surface area (Å²) in [5, 5.41) is 8.86. The number of likely N-dealkylation sites (N-methyl/N-ethyl adjacent to an activating group) is 1. The quantitative estimate of drug-likeness (QED) is 0.768. The first-order valence-electron chi connectivity index (χ1n) is 7.63. The van der Waals surface area contributed by atoms with E-state index in [9.17, 15) is 0 Å². The molecule has 3 heteroatoms. The van der Waals surface area contributed by atoms with Crippen LogP contribution in [0.3, 0.4) is 0 Å². The second kappa shape index (κ2) is 7.91. The highest BCUT2D eigenvalue weighted by atomic mass is 16.5. The van der Waals surface area contributed by atoms with E-state index in [0.29, 0.717) is 18.2 Å². The lowest BCUT2D eigenvalue weighted by molar-refractivity contribution is 0.178. The molecule has 1 fully saturated rings. The summed E-state index contributed by atoms with van der Waals surface area (Å²) < 4.78 is 5.75. The van der Waals surface area contributed by atoms with Gasteiger partial charge in [-0.3, -0.25) is 0 Å². The van der Waals surface area contributed by atoms with E-state index in [1.165, 1.54) is 38.5 Å². The zero-order valence-electron chi connectivity index (χ0n) is 12.3. The van der Waals surface area contributed by atoms with E-state index in [0.717, 1.165) is 12.3 Å². The second-order valence-electron chi connectivity index (χ2n) is 5.61. The maximum Gasteiger partial charge on any atom is 0.120 e. The summed E-state index contributed by atoms with van der Waals surface area (Å²) in [7, 11) is 2.20. The van der Waals surface area contributed by atoms with Crippen LogP contribution in [0.25, 0.3) is 0 Å². The van der Waals surface area contributed by atoms with E-state index in [-0.39, 0.29) is 0 Å². The normalized spacial score (nSPS) is 16.6. The molecule has 0 aliphatic heterocycles. The van der Waals surface area contributed by atoms with Crippen LogP contribution in [-0.2, 0) is 0 Å². The van der Waals surface area contributed by atoms with Crippen molar-refractivity contribution in [2.45, 2.75) is 44.6 Å². The molecule has 1 aromatic carbocycles. The summed E-state index contributed by atoms with van der Waals surface area (Å²) in [5.41, 5.74) is 0.652. The lowest BCUT2D eigenvalue weighted by atomic mass is 10.1. The minimum atomic E-state index is 0.652. The summed E-state index contributed by atoms with van der Waals surface area (Å²) in [4.78, 5) is 2.43. The first-order valence-corrected chi connectivity index (χ1v) is 7.63. The topological polar surface area (TPSA) is 36.3 Å². The average molecular weight is 272 g/mol. The molecule has 108 valence electrons. The van der Waals surface area contributed by atoms with Crippen LogP contribution in [0.5, 0.6) is 5.75 Å². The van der Waals surface area contributed by atoms with Gasteiger partial charge in [0, 0.05) is 12.6 Å². The minimum Gasteiger partial charge on any atom is -0.492 e. The summed E-state index contributed by atoms with van der Waals surface area (Å²) in [6.07, 6.45) is 8.14. The highest BCUT2D eigenvalue weighted by molar-refractivity contribution is 5.36. The molecule has 2 rings (SSSR count). The van der Waals surface area contributed by atoms with Gasteiger partial charge >= 0.3 is 0 Å². The SMILES string of the molecule is CN(CCOc1cccc(C#N)c1)C1CCCCCC1. The van der Waals surface area contributed by atoms with Crippen molar-refractivity contribution in [2.75, 3.05) is 20.2 Å². The number of nitrogens with zero attached hydrogens (tertiary/aromatic N) is 2. The van der Waals surface area contributed by atoms with Crippen LogP contribution in [0, 0.1) is 11.3 Å². The zero-order valence-corrected chi connectivity index (χ0v) is 12.3. The summed E-state index contributed by atoms with van der Waals surface area (Å²) in [6, 6.07) is 10.2. The molecule has 0 heterocycles. The third kappa shape index (κ3) is 4.54. The van der Waals surface area contributed by atoms with Crippen LogP contribution in [0.2, 0.25) is 0 Å². The van der Waals surface area contributed by atoms with E-state index in [1.54, 1.807) is 12.1 Å². The number of ether oxygens (including phenoxy) is 1. The molecule has 20 heavy (non-hydrogen) atoms. The summed E-state index contributed by atoms with van der Waals surface area (Å²) >= 11 is 0. The largest absolute Gasteiger partial charge is 0.492 e. The fourth-order valence-electron chi connectivity index (χ4n) is 2.84. The molecule has 0 N–H and O–H groups in total. The number of benzene rings is 1. The Kier molecular flexibility index (Phi) is 5.88. The van der Waals surface area contributed by atoms with Crippen molar-refractivity contribution >= 4 is 0 Å². The van der Waals surface area contributed by atoms with Crippen LogP contribution in [-0.4, -0.2) is 31.1 Å². The molecule has 0 unspecified atom stereocenters. The third-order valence-corrected chi connectivity index (χ3v) is 4.12. The maximum absolute atomic E-state index is 8.86. The monoisotopic (exact) mass is 272 g/mol. The van der Waals surface area contributed by atoms with Crippen LogP contribution >= 0.6 is 0 Å². The molecular weight excluding hydrogens is 248 g/mol. The van der Waals surface area contributed by atoms with Gasteiger partial charge < -0.3 is 9.64 Å². The van der Waals surface area contributed by atoms with Crippen molar-refractivity contribution in [3.63, 3.8) is 0 Å². The van der Waals surface area contributed by atoms with Crippen molar-refractivity contribution in [1.82, 2.24) is 4.90 Å². The minimum absolute atomic E-state index is 0.652. The Morgan fingerprint density at radius 1 is 1.25 bits per heavy atom. The number of hydrogen-bond donors (Lipinski definition) is 0. The average Bonchev–Trinajstić information content (AvgIpc) is 2.76. The fourth-order valence-corrected chi connectivity index (χ4v) is 2.84. The first-order chi connectivity index (χ1) is 9.79. The molecule has 1 aliphatic carbocycles. The maximum atomic E-state index is 8.86. The lowest BCUT2D eigenvalue weighted by Gasteiger charge is -2.26. The smallest absolute Gasteiger partial charge is 0.120 e. The highest BCUT2D eigenvalue weighted by Gasteiger charge is 2.16.